The van der Waals surface area contributed by atoms with Gasteiger partial charge in [0.1, 0.15) is 0 Å². The zero-order valence-corrected chi connectivity index (χ0v) is 8.92. The first-order chi connectivity index (χ1) is 7.40. The van der Waals surface area contributed by atoms with Crippen LogP contribution in [0.4, 0.5) is 0 Å². The molecule has 72 valence electrons. The quantitative estimate of drug-likeness (QED) is 0.612. The van der Waals surface area contributed by atoms with Crippen LogP contribution in [0, 0.1) is 0 Å². The summed E-state index contributed by atoms with van der Waals surface area (Å²) in [5.41, 5.74) is 1.02. The highest BCUT2D eigenvalue weighted by atomic mass is 32.1. The van der Waals surface area contributed by atoms with E-state index in [1.165, 1.54) is 20.2 Å². The number of hydrogen-bond acceptors (Lipinski definition) is 2. The van der Waals surface area contributed by atoms with Crippen LogP contribution in [0.15, 0.2) is 42.5 Å². The van der Waals surface area contributed by atoms with Gasteiger partial charge in [0.15, 0.2) is 0 Å². The summed E-state index contributed by atoms with van der Waals surface area (Å²) < 4.78 is 2.54. The zero-order chi connectivity index (χ0) is 10.3. The second kappa shape index (κ2) is 3.37. The number of thiophene rings is 1. The number of rotatable bonds is 1. The van der Waals surface area contributed by atoms with Crippen molar-refractivity contribution in [3.8, 4) is 0 Å². The maximum absolute atomic E-state index is 9.32. The van der Waals surface area contributed by atoms with Gasteiger partial charge in [0.2, 0.25) is 0 Å². The van der Waals surface area contributed by atoms with Gasteiger partial charge in [-0.1, -0.05) is 30.3 Å². The van der Waals surface area contributed by atoms with Crippen LogP contribution in [0.3, 0.4) is 0 Å². The average Bonchev–Trinajstić information content (AvgIpc) is 2.67. The Bertz CT molecular complexity index is 630. The van der Waals surface area contributed by atoms with Crippen LogP contribution >= 0.6 is 11.3 Å². The Balaban J connectivity index is 2.56. The fraction of sp³-hybridized carbons (Fsp3) is 0. The van der Waals surface area contributed by atoms with Crippen molar-refractivity contribution >= 4 is 44.5 Å². The largest absolute Gasteiger partial charge is 0.449 e. The van der Waals surface area contributed by atoms with Gasteiger partial charge >= 0.3 is 7.48 Å². The van der Waals surface area contributed by atoms with E-state index < -0.39 is 0 Å². The molecule has 0 spiro atoms. The molecule has 1 N–H and O–H groups in total. The average molecular weight is 212 g/mol. The minimum absolute atomic E-state index is 0.109. The van der Waals surface area contributed by atoms with E-state index in [2.05, 4.69) is 24.3 Å². The molecule has 0 amide bonds. The Morgan fingerprint density at radius 2 is 1.73 bits per heavy atom. The molecule has 2 aromatic carbocycles. The molecule has 1 nitrogen and oxygen atoms in total. The number of benzene rings is 2. The fourth-order valence-electron chi connectivity index (χ4n) is 1.98. The van der Waals surface area contributed by atoms with Gasteiger partial charge in [0.05, 0.1) is 0 Å². The van der Waals surface area contributed by atoms with Crippen molar-refractivity contribution in [1.29, 1.82) is 0 Å². The molecular formula is C12H9BOS. The van der Waals surface area contributed by atoms with Gasteiger partial charge in [-0.25, -0.2) is 0 Å². The third kappa shape index (κ3) is 1.28. The molecule has 0 aliphatic heterocycles. The molecule has 0 unspecified atom stereocenters. The van der Waals surface area contributed by atoms with Gasteiger partial charge in [-0.3, -0.25) is 0 Å². The van der Waals surface area contributed by atoms with Crippen molar-refractivity contribution in [2.75, 3.05) is 0 Å². The molecule has 3 aromatic rings. The Morgan fingerprint density at radius 1 is 0.933 bits per heavy atom. The normalized spacial score (nSPS) is 11.0. The molecule has 0 fully saturated rings. The van der Waals surface area contributed by atoms with E-state index in [1.807, 2.05) is 18.2 Å². The summed E-state index contributed by atoms with van der Waals surface area (Å²) in [5, 5.41) is 11.8. The lowest BCUT2D eigenvalue weighted by Gasteiger charge is -1.97. The van der Waals surface area contributed by atoms with E-state index in [1.54, 1.807) is 11.3 Å². The number of fused-ring (bicyclic) bond motifs is 3. The summed E-state index contributed by atoms with van der Waals surface area (Å²) in [7, 11) is 0.109. The van der Waals surface area contributed by atoms with Crippen LogP contribution in [0.1, 0.15) is 0 Å². The predicted molar refractivity (Wildman–Crippen MR) is 68.3 cm³/mol. The van der Waals surface area contributed by atoms with Crippen LogP contribution < -0.4 is 5.46 Å². The van der Waals surface area contributed by atoms with Crippen molar-refractivity contribution in [2.45, 2.75) is 0 Å². The molecular weight excluding hydrogens is 203 g/mol. The molecule has 0 bridgehead atoms. The van der Waals surface area contributed by atoms with Crippen LogP contribution in [0.25, 0.3) is 20.2 Å². The van der Waals surface area contributed by atoms with Gasteiger partial charge < -0.3 is 5.02 Å². The molecule has 0 radical (unpaired) electrons. The lowest BCUT2D eigenvalue weighted by Crippen LogP contribution is -2.13. The van der Waals surface area contributed by atoms with Crippen molar-refractivity contribution < 1.29 is 5.02 Å². The maximum Gasteiger partial charge on any atom is 0.305 e. The number of hydrogen-bond donors (Lipinski definition) is 1. The van der Waals surface area contributed by atoms with Gasteiger partial charge in [0.25, 0.3) is 0 Å². The second-order valence-electron chi connectivity index (χ2n) is 3.55. The predicted octanol–water partition coefficient (Wildman–Crippen LogP) is 2.02. The Kier molecular flexibility index (Phi) is 2.01. The maximum atomic E-state index is 9.32. The van der Waals surface area contributed by atoms with E-state index in [0.717, 1.165) is 5.46 Å². The van der Waals surface area contributed by atoms with Gasteiger partial charge in [-0.2, -0.15) is 0 Å². The molecule has 0 saturated carbocycles. The molecule has 15 heavy (non-hydrogen) atoms. The van der Waals surface area contributed by atoms with E-state index in [0.29, 0.717) is 0 Å². The zero-order valence-electron chi connectivity index (χ0n) is 8.10. The van der Waals surface area contributed by atoms with Gasteiger partial charge in [-0.15, -0.1) is 11.3 Å². The lowest BCUT2D eigenvalue weighted by atomic mass is 9.85. The molecule has 3 heteroatoms. The van der Waals surface area contributed by atoms with E-state index in [-0.39, 0.29) is 7.48 Å². The lowest BCUT2D eigenvalue weighted by molar-refractivity contribution is 0.616. The Labute approximate surface area is 92.3 Å². The van der Waals surface area contributed by atoms with E-state index in [4.69, 9.17) is 0 Å². The topological polar surface area (TPSA) is 20.2 Å². The first kappa shape index (κ1) is 8.95. The minimum Gasteiger partial charge on any atom is -0.449 e. The van der Waals surface area contributed by atoms with Crippen molar-refractivity contribution in [1.82, 2.24) is 0 Å². The molecule has 0 saturated heterocycles. The Morgan fingerprint density at radius 3 is 2.60 bits per heavy atom. The van der Waals surface area contributed by atoms with Crippen LogP contribution in [-0.4, -0.2) is 12.5 Å². The third-order valence-electron chi connectivity index (χ3n) is 2.66. The fourth-order valence-corrected chi connectivity index (χ4v) is 3.13. The van der Waals surface area contributed by atoms with Crippen LogP contribution in [-0.2, 0) is 0 Å². The van der Waals surface area contributed by atoms with Gasteiger partial charge in [0, 0.05) is 9.40 Å². The molecule has 1 aromatic heterocycles. The smallest absolute Gasteiger partial charge is 0.305 e. The standard InChI is InChI=1S/C12H9BOS/c14-13-9-5-3-7-11-12(9)8-4-1-2-6-10(8)15-11/h1-7,13-14H. The first-order valence-corrected chi connectivity index (χ1v) is 5.72. The monoisotopic (exact) mass is 212 g/mol. The highest BCUT2D eigenvalue weighted by Gasteiger charge is 2.07. The summed E-state index contributed by atoms with van der Waals surface area (Å²) in [5.74, 6) is 0. The summed E-state index contributed by atoms with van der Waals surface area (Å²) in [4.78, 5) is 0. The summed E-state index contributed by atoms with van der Waals surface area (Å²) in [6.45, 7) is 0. The molecule has 0 atom stereocenters. The molecule has 1 heterocycles. The van der Waals surface area contributed by atoms with Crippen molar-refractivity contribution in [3.05, 3.63) is 42.5 Å². The summed E-state index contributed by atoms with van der Waals surface area (Å²) in [6.07, 6.45) is 0. The van der Waals surface area contributed by atoms with Crippen LogP contribution in [0.2, 0.25) is 0 Å². The molecule has 0 aliphatic carbocycles. The molecule has 3 rings (SSSR count). The van der Waals surface area contributed by atoms with E-state index in [9.17, 15) is 5.02 Å². The highest BCUT2D eigenvalue weighted by molar-refractivity contribution is 7.26. The minimum atomic E-state index is 0.109. The summed E-state index contributed by atoms with van der Waals surface area (Å²) in [6, 6.07) is 14.4. The Hall–Kier alpha value is -1.32. The van der Waals surface area contributed by atoms with Gasteiger partial charge in [-0.05, 0) is 28.4 Å². The highest BCUT2D eigenvalue weighted by Crippen LogP contribution is 2.31. The van der Waals surface area contributed by atoms with E-state index >= 15 is 0 Å². The SMILES string of the molecule is OBc1cccc2sc3ccccc3c12. The van der Waals surface area contributed by atoms with Crippen molar-refractivity contribution in [2.24, 2.45) is 0 Å². The molecule has 0 aliphatic rings. The second-order valence-corrected chi connectivity index (χ2v) is 4.63. The first-order valence-electron chi connectivity index (χ1n) is 4.90. The third-order valence-corrected chi connectivity index (χ3v) is 3.80. The van der Waals surface area contributed by atoms with Crippen molar-refractivity contribution in [3.63, 3.8) is 0 Å². The summed E-state index contributed by atoms with van der Waals surface area (Å²) >= 11 is 1.78. The van der Waals surface area contributed by atoms with Crippen LogP contribution in [0.5, 0.6) is 0 Å².